The Balaban J connectivity index is 1.56. The van der Waals surface area contributed by atoms with E-state index in [1.807, 2.05) is 30.3 Å². The lowest BCUT2D eigenvalue weighted by atomic mass is 9.70. The van der Waals surface area contributed by atoms with Crippen LogP contribution in [0.3, 0.4) is 0 Å². The van der Waals surface area contributed by atoms with Gasteiger partial charge in [0.25, 0.3) is 5.91 Å². The summed E-state index contributed by atoms with van der Waals surface area (Å²) in [5.41, 5.74) is 0.121. The molecule has 2 aromatic carbocycles. The minimum atomic E-state index is -1.19. The lowest BCUT2D eigenvalue weighted by molar-refractivity contribution is -0.143. The van der Waals surface area contributed by atoms with Gasteiger partial charge >= 0.3 is 0 Å². The van der Waals surface area contributed by atoms with Crippen molar-refractivity contribution in [3.05, 3.63) is 79.9 Å². The van der Waals surface area contributed by atoms with Gasteiger partial charge in [-0.2, -0.15) is 0 Å². The lowest BCUT2D eigenvalue weighted by Gasteiger charge is -2.38. The predicted octanol–water partition coefficient (Wildman–Crippen LogP) is 3.19. The van der Waals surface area contributed by atoms with Crippen molar-refractivity contribution in [2.75, 3.05) is 36.6 Å². The molecule has 0 aliphatic carbocycles. The van der Waals surface area contributed by atoms with Crippen LogP contribution < -0.4 is 14.5 Å². The summed E-state index contributed by atoms with van der Waals surface area (Å²) in [4.78, 5) is 47.6. The number of fused-ring (bicyclic) bond motifs is 1. The van der Waals surface area contributed by atoms with E-state index >= 15 is 0 Å². The maximum absolute atomic E-state index is 14.5. The molecule has 0 aromatic heterocycles. The normalized spacial score (nSPS) is 26.8. The lowest BCUT2D eigenvalue weighted by Crippen LogP contribution is -2.58. The Labute approximate surface area is 240 Å². The van der Waals surface area contributed by atoms with Crippen molar-refractivity contribution in [2.45, 2.75) is 43.6 Å². The highest BCUT2D eigenvalue weighted by molar-refractivity contribution is 6.06. The molecule has 9 nitrogen and oxygen atoms in total. The summed E-state index contributed by atoms with van der Waals surface area (Å²) in [7, 11) is 1.57. The van der Waals surface area contributed by atoms with Crippen LogP contribution >= 0.6 is 0 Å². The molecule has 3 amide bonds. The number of amides is 3. The number of ether oxygens (including phenoxy) is 2. The van der Waals surface area contributed by atoms with E-state index in [4.69, 9.17) is 9.47 Å². The molecule has 0 saturated carbocycles. The fourth-order valence-electron chi connectivity index (χ4n) is 6.82. The Hall–Kier alpha value is -3.95. The molecular weight excluding hydrogens is 522 g/mol. The van der Waals surface area contributed by atoms with Crippen LogP contribution in [0.15, 0.2) is 79.9 Å². The molecule has 9 heteroatoms. The summed E-state index contributed by atoms with van der Waals surface area (Å²) >= 11 is 0. The number of aliphatic hydroxyl groups excluding tert-OH is 1. The van der Waals surface area contributed by atoms with Crippen molar-refractivity contribution in [3.8, 4) is 5.75 Å². The molecule has 1 N–H and O–H groups in total. The highest BCUT2D eigenvalue weighted by atomic mass is 16.5. The van der Waals surface area contributed by atoms with Gasteiger partial charge < -0.3 is 29.3 Å². The largest absolute Gasteiger partial charge is 0.497 e. The molecular formula is C32H37N3O6. The minimum absolute atomic E-state index is 0.199. The highest BCUT2D eigenvalue weighted by Gasteiger charge is 2.75. The third-order valence-electron chi connectivity index (χ3n) is 8.60. The number of benzene rings is 2. The Kier molecular flexibility index (Phi) is 8.02. The smallest absolute Gasteiger partial charge is 0.253 e. The molecule has 2 aromatic rings. The molecule has 2 bridgehead atoms. The van der Waals surface area contributed by atoms with E-state index in [1.165, 1.54) is 4.90 Å². The zero-order valence-electron chi connectivity index (χ0n) is 23.5. The highest BCUT2D eigenvalue weighted by Crippen LogP contribution is 2.59. The van der Waals surface area contributed by atoms with Crippen molar-refractivity contribution >= 4 is 29.1 Å². The molecule has 3 fully saturated rings. The first-order valence-electron chi connectivity index (χ1n) is 14.0. The molecule has 3 heterocycles. The van der Waals surface area contributed by atoms with E-state index in [1.54, 1.807) is 60.3 Å². The number of methoxy groups -OCH3 is 1. The van der Waals surface area contributed by atoms with Crippen LogP contribution in [0.25, 0.3) is 0 Å². The summed E-state index contributed by atoms with van der Waals surface area (Å²) in [6, 6.07) is 14.7. The molecule has 3 saturated heterocycles. The van der Waals surface area contributed by atoms with E-state index in [2.05, 4.69) is 13.2 Å². The Morgan fingerprint density at radius 2 is 1.68 bits per heavy atom. The molecule has 216 valence electrons. The Morgan fingerprint density at radius 1 is 1.07 bits per heavy atom. The SMILES string of the molecule is C=CCN(C(=O)C1N([C@H](C)CO)C(=O)[C@@H]2[C@H](C(=O)N(CC=C)c3ccccc3)[C@@H]3CCC12O3)c1ccc(OC)cc1. The summed E-state index contributed by atoms with van der Waals surface area (Å²) in [5.74, 6) is -1.89. The van der Waals surface area contributed by atoms with E-state index in [0.29, 0.717) is 30.0 Å². The molecule has 6 atom stereocenters. The van der Waals surface area contributed by atoms with Gasteiger partial charge in [-0.15, -0.1) is 13.2 Å². The van der Waals surface area contributed by atoms with Crippen LogP contribution in [0.2, 0.25) is 0 Å². The summed E-state index contributed by atoms with van der Waals surface area (Å²) in [6.45, 7) is 9.50. The molecule has 2 unspecified atom stereocenters. The number of aliphatic hydroxyl groups is 1. The average molecular weight is 560 g/mol. The van der Waals surface area contributed by atoms with Crippen LogP contribution in [0.1, 0.15) is 19.8 Å². The predicted molar refractivity (Wildman–Crippen MR) is 156 cm³/mol. The topological polar surface area (TPSA) is 99.6 Å². The number of anilines is 2. The molecule has 5 rings (SSSR count). The van der Waals surface area contributed by atoms with Crippen molar-refractivity contribution in [2.24, 2.45) is 11.8 Å². The summed E-state index contributed by atoms with van der Waals surface area (Å²) in [5, 5.41) is 10.2. The van der Waals surface area contributed by atoms with E-state index in [9.17, 15) is 19.5 Å². The third-order valence-corrected chi connectivity index (χ3v) is 8.60. The van der Waals surface area contributed by atoms with Crippen molar-refractivity contribution in [1.82, 2.24) is 4.90 Å². The van der Waals surface area contributed by atoms with Gasteiger partial charge in [0, 0.05) is 24.5 Å². The number of nitrogens with zero attached hydrogens (tertiary/aromatic N) is 3. The molecule has 3 aliphatic heterocycles. The number of para-hydroxylation sites is 1. The maximum Gasteiger partial charge on any atom is 0.253 e. The monoisotopic (exact) mass is 559 g/mol. The second kappa shape index (κ2) is 11.5. The number of carbonyl (C=O) groups excluding carboxylic acids is 3. The van der Waals surface area contributed by atoms with Gasteiger partial charge in [0.15, 0.2) is 0 Å². The maximum atomic E-state index is 14.5. The fraction of sp³-hybridized carbons (Fsp3) is 0.406. The van der Waals surface area contributed by atoms with Gasteiger partial charge in [0.1, 0.15) is 17.4 Å². The van der Waals surface area contributed by atoms with Gasteiger partial charge in [0.05, 0.1) is 37.7 Å². The zero-order valence-corrected chi connectivity index (χ0v) is 23.5. The van der Waals surface area contributed by atoms with E-state index in [0.717, 1.165) is 0 Å². The second-order valence-electron chi connectivity index (χ2n) is 10.8. The first-order chi connectivity index (χ1) is 19.8. The van der Waals surface area contributed by atoms with Gasteiger partial charge in [-0.05, 0) is 56.2 Å². The van der Waals surface area contributed by atoms with Crippen LogP contribution in [0.5, 0.6) is 5.75 Å². The minimum Gasteiger partial charge on any atom is -0.497 e. The van der Waals surface area contributed by atoms with Gasteiger partial charge in [-0.1, -0.05) is 30.4 Å². The first-order valence-corrected chi connectivity index (χ1v) is 14.0. The second-order valence-corrected chi connectivity index (χ2v) is 10.8. The summed E-state index contributed by atoms with van der Waals surface area (Å²) in [6.07, 6.45) is 3.79. The molecule has 3 aliphatic rings. The van der Waals surface area contributed by atoms with Crippen molar-refractivity contribution < 1.29 is 29.0 Å². The molecule has 0 radical (unpaired) electrons. The number of carbonyl (C=O) groups is 3. The molecule has 41 heavy (non-hydrogen) atoms. The zero-order chi connectivity index (χ0) is 29.3. The van der Waals surface area contributed by atoms with Crippen LogP contribution in [0, 0.1) is 11.8 Å². The van der Waals surface area contributed by atoms with Crippen molar-refractivity contribution in [3.63, 3.8) is 0 Å². The number of hydrogen-bond donors (Lipinski definition) is 1. The number of likely N-dealkylation sites (tertiary alicyclic amines) is 1. The Bertz CT molecular complexity index is 1310. The standard InChI is InChI=1S/C32H37N3O6/c1-5-18-33(22-10-8-7-9-11-22)29(37)26-25-16-17-32(41-25)27(26)30(38)35(21(3)20-36)28(32)31(39)34(19-6-2)23-12-14-24(40-4)15-13-23/h5-15,21,25-28,36H,1-2,16-20H2,3-4H3/t21-,25+,26-,27+,28?,32?/m1/s1. The van der Waals surface area contributed by atoms with Gasteiger partial charge in [-0.3, -0.25) is 14.4 Å². The van der Waals surface area contributed by atoms with Crippen LogP contribution in [-0.4, -0.2) is 78.3 Å². The third kappa shape index (κ3) is 4.63. The number of rotatable bonds is 11. The van der Waals surface area contributed by atoms with Gasteiger partial charge in [-0.25, -0.2) is 0 Å². The summed E-state index contributed by atoms with van der Waals surface area (Å²) < 4.78 is 11.9. The van der Waals surface area contributed by atoms with Crippen molar-refractivity contribution in [1.29, 1.82) is 0 Å². The van der Waals surface area contributed by atoms with E-state index < -0.39 is 35.6 Å². The number of hydrogen-bond acceptors (Lipinski definition) is 6. The fourth-order valence-corrected chi connectivity index (χ4v) is 6.82. The van der Waals surface area contributed by atoms with Crippen LogP contribution in [0.4, 0.5) is 11.4 Å². The Morgan fingerprint density at radius 3 is 2.27 bits per heavy atom. The van der Waals surface area contributed by atoms with Crippen LogP contribution in [-0.2, 0) is 19.1 Å². The average Bonchev–Trinajstić information content (AvgIpc) is 3.65. The van der Waals surface area contributed by atoms with Gasteiger partial charge in [0.2, 0.25) is 11.8 Å². The van der Waals surface area contributed by atoms with E-state index in [-0.39, 0.29) is 37.4 Å². The first kappa shape index (κ1) is 28.6. The molecule has 1 spiro atoms. The quantitative estimate of drug-likeness (QED) is 0.425.